The van der Waals surface area contributed by atoms with Crippen LogP contribution in [0, 0.1) is 5.41 Å². The second kappa shape index (κ2) is 6.01. The normalized spacial score (nSPS) is 20.1. The van der Waals surface area contributed by atoms with Gasteiger partial charge in [-0.1, -0.05) is 65.0 Å². The average molecular weight is 339 g/mol. The minimum atomic E-state index is -0.152. The van der Waals surface area contributed by atoms with Crippen LogP contribution in [0.5, 0.6) is 0 Å². The zero-order chi connectivity index (χ0) is 18.4. The van der Waals surface area contributed by atoms with Crippen LogP contribution in [0.25, 0.3) is 0 Å². The molecule has 1 aromatic heterocycles. The van der Waals surface area contributed by atoms with E-state index >= 15 is 0 Å². The van der Waals surface area contributed by atoms with Crippen LogP contribution in [0.1, 0.15) is 62.2 Å². The number of nitrogens with zero attached hydrogens (tertiary/aromatic N) is 3. The number of benzene rings is 1. The maximum atomic E-state index is 13.3. The van der Waals surface area contributed by atoms with Crippen molar-refractivity contribution in [3.05, 3.63) is 53.3 Å². The van der Waals surface area contributed by atoms with E-state index in [1.165, 1.54) is 5.56 Å². The topological polar surface area (TPSA) is 38.1 Å². The summed E-state index contributed by atoms with van der Waals surface area (Å²) >= 11 is 0. The second-order valence-electron chi connectivity index (χ2n) is 8.95. The summed E-state index contributed by atoms with van der Waals surface area (Å²) in [7, 11) is 1.88. The summed E-state index contributed by atoms with van der Waals surface area (Å²) in [4.78, 5) is 15.3. The van der Waals surface area contributed by atoms with Gasteiger partial charge in [0.05, 0.1) is 11.3 Å². The highest BCUT2D eigenvalue weighted by Gasteiger charge is 2.43. The van der Waals surface area contributed by atoms with Crippen LogP contribution in [0.4, 0.5) is 0 Å². The molecule has 1 aromatic carbocycles. The Morgan fingerprint density at radius 3 is 2.44 bits per heavy atom. The number of aryl methyl sites for hydroxylation is 1. The smallest absolute Gasteiger partial charge is 0.257 e. The van der Waals surface area contributed by atoms with Crippen molar-refractivity contribution in [3.63, 3.8) is 0 Å². The first-order valence-corrected chi connectivity index (χ1v) is 8.98. The van der Waals surface area contributed by atoms with Crippen molar-refractivity contribution < 1.29 is 4.79 Å². The Morgan fingerprint density at radius 1 is 1.20 bits per heavy atom. The average Bonchev–Trinajstić information content (AvgIpc) is 3.07. The molecule has 1 aliphatic heterocycles. The lowest BCUT2D eigenvalue weighted by atomic mass is 9.78. The van der Waals surface area contributed by atoms with E-state index in [2.05, 4.69) is 64.0 Å². The lowest BCUT2D eigenvalue weighted by Crippen LogP contribution is -2.31. The van der Waals surface area contributed by atoms with Crippen molar-refractivity contribution >= 4 is 5.91 Å². The molecule has 0 N–H and O–H groups in total. The molecule has 0 spiro atoms. The molecule has 0 aliphatic carbocycles. The largest absolute Gasteiger partial charge is 0.337 e. The number of carbonyl (C=O) groups is 1. The fraction of sp³-hybridized carbons (Fsp3) is 0.524. The monoisotopic (exact) mass is 339 g/mol. The van der Waals surface area contributed by atoms with Gasteiger partial charge >= 0.3 is 0 Å². The van der Waals surface area contributed by atoms with Gasteiger partial charge < -0.3 is 4.90 Å². The fourth-order valence-corrected chi connectivity index (χ4v) is 3.90. The number of amides is 1. The van der Waals surface area contributed by atoms with Crippen molar-refractivity contribution in [2.45, 2.75) is 46.0 Å². The predicted octanol–water partition coefficient (Wildman–Crippen LogP) is 3.98. The number of hydrogen-bond donors (Lipinski definition) is 0. The molecule has 3 rings (SSSR count). The highest BCUT2D eigenvalue weighted by atomic mass is 16.2. The number of carbonyl (C=O) groups excluding carboxylic acids is 1. The van der Waals surface area contributed by atoms with Crippen LogP contribution < -0.4 is 0 Å². The standard InChI is InChI=1S/C21H29N3O/c1-20(2,3)18-16(12-23(6)22-18)19(25)24-13-17(21(4,5)14-24)15-10-8-7-9-11-15/h7-12,17H,13-14H2,1-6H3/t17-/m0/s1. The summed E-state index contributed by atoms with van der Waals surface area (Å²) in [5.41, 5.74) is 2.83. The number of rotatable bonds is 2. The van der Waals surface area contributed by atoms with Gasteiger partial charge in [0.15, 0.2) is 0 Å². The summed E-state index contributed by atoms with van der Waals surface area (Å²) in [6.45, 7) is 12.3. The van der Waals surface area contributed by atoms with Gasteiger partial charge in [-0.15, -0.1) is 0 Å². The summed E-state index contributed by atoms with van der Waals surface area (Å²) in [5, 5.41) is 4.56. The molecule has 1 saturated heterocycles. The van der Waals surface area contributed by atoms with Crippen molar-refractivity contribution in [2.24, 2.45) is 12.5 Å². The Bertz CT molecular complexity index is 768. The van der Waals surface area contributed by atoms with Gasteiger partial charge in [0.1, 0.15) is 0 Å². The molecule has 1 fully saturated rings. The molecule has 0 bridgehead atoms. The maximum absolute atomic E-state index is 13.3. The number of likely N-dealkylation sites (tertiary alicyclic amines) is 1. The SMILES string of the molecule is Cn1cc(C(=O)N2C[C@@H](c3ccccc3)C(C)(C)C2)c(C(C)(C)C)n1. The quantitative estimate of drug-likeness (QED) is 0.830. The minimum absolute atomic E-state index is 0.0567. The summed E-state index contributed by atoms with van der Waals surface area (Å²) in [5.74, 6) is 0.455. The molecule has 4 nitrogen and oxygen atoms in total. The summed E-state index contributed by atoms with van der Waals surface area (Å²) < 4.78 is 1.75. The van der Waals surface area contributed by atoms with E-state index in [-0.39, 0.29) is 16.7 Å². The molecule has 1 amide bonds. The third-order valence-corrected chi connectivity index (χ3v) is 5.20. The lowest BCUT2D eigenvalue weighted by molar-refractivity contribution is 0.0775. The van der Waals surface area contributed by atoms with Crippen molar-refractivity contribution in [1.29, 1.82) is 0 Å². The van der Waals surface area contributed by atoms with E-state index in [1.54, 1.807) is 4.68 Å². The zero-order valence-electron chi connectivity index (χ0n) is 16.2. The second-order valence-corrected chi connectivity index (χ2v) is 8.95. The maximum Gasteiger partial charge on any atom is 0.257 e. The van der Waals surface area contributed by atoms with Crippen molar-refractivity contribution in [1.82, 2.24) is 14.7 Å². The molecular formula is C21H29N3O. The number of hydrogen-bond acceptors (Lipinski definition) is 2. The van der Waals surface area contributed by atoms with Gasteiger partial charge in [-0.3, -0.25) is 9.48 Å². The van der Waals surface area contributed by atoms with Gasteiger partial charge in [0, 0.05) is 37.7 Å². The molecule has 2 aromatic rings. The lowest BCUT2D eigenvalue weighted by Gasteiger charge is -2.25. The van der Waals surface area contributed by atoms with E-state index in [0.29, 0.717) is 5.92 Å². The Hall–Kier alpha value is -2.10. The molecule has 4 heteroatoms. The molecule has 25 heavy (non-hydrogen) atoms. The Balaban J connectivity index is 1.90. The van der Waals surface area contributed by atoms with Gasteiger partial charge in [-0.05, 0) is 11.0 Å². The van der Waals surface area contributed by atoms with E-state index in [0.717, 1.165) is 24.3 Å². The highest BCUT2D eigenvalue weighted by Crippen LogP contribution is 2.43. The minimum Gasteiger partial charge on any atom is -0.337 e. The third-order valence-electron chi connectivity index (χ3n) is 5.20. The molecule has 0 unspecified atom stereocenters. The third kappa shape index (κ3) is 3.35. The molecule has 0 radical (unpaired) electrons. The van der Waals surface area contributed by atoms with Gasteiger partial charge in [0.25, 0.3) is 5.91 Å². The van der Waals surface area contributed by atoms with Crippen LogP contribution >= 0.6 is 0 Å². The Kier molecular flexibility index (Phi) is 4.26. The van der Waals surface area contributed by atoms with Gasteiger partial charge in [-0.25, -0.2) is 0 Å². The summed E-state index contributed by atoms with van der Waals surface area (Å²) in [6.07, 6.45) is 1.87. The van der Waals surface area contributed by atoms with Crippen LogP contribution in [0.3, 0.4) is 0 Å². The molecule has 0 saturated carbocycles. The van der Waals surface area contributed by atoms with E-state index in [9.17, 15) is 4.79 Å². The van der Waals surface area contributed by atoms with Crippen LogP contribution in [0.15, 0.2) is 36.5 Å². The first-order valence-electron chi connectivity index (χ1n) is 8.98. The van der Waals surface area contributed by atoms with Crippen LogP contribution in [0.2, 0.25) is 0 Å². The zero-order valence-corrected chi connectivity index (χ0v) is 16.2. The molecular weight excluding hydrogens is 310 g/mol. The van der Waals surface area contributed by atoms with E-state index in [4.69, 9.17) is 0 Å². The fourth-order valence-electron chi connectivity index (χ4n) is 3.90. The summed E-state index contributed by atoms with van der Waals surface area (Å²) in [6, 6.07) is 10.5. The van der Waals surface area contributed by atoms with Crippen LogP contribution in [-0.4, -0.2) is 33.7 Å². The number of aromatic nitrogens is 2. The van der Waals surface area contributed by atoms with Gasteiger partial charge in [-0.2, -0.15) is 5.10 Å². The highest BCUT2D eigenvalue weighted by molar-refractivity contribution is 5.95. The van der Waals surface area contributed by atoms with Crippen molar-refractivity contribution in [3.8, 4) is 0 Å². The van der Waals surface area contributed by atoms with Crippen molar-refractivity contribution in [2.75, 3.05) is 13.1 Å². The van der Waals surface area contributed by atoms with Crippen LogP contribution in [-0.2, 0) is 12.5 Å². The van der Waals surface area contributed by atoms with Gasteiger partial charge in [0.2, 0.25) is 0 Å². The Labute approximate surface area is 150 Å². The van der Waals surface area contributed by atoms with E-state index in [1.807, 2.05) is 24.2 Å². The molecule has 1 atom stereocenters. The molecule has 1 aliphatic rings. The molecule has 134 valence electrons. The van der Waals surface area contributed by atoms with E-state index < -0.39 is 0 Å². The molecule has 2 heterocycles. The predicted molar refractivity (Wildman–Crippen MR) is 101 cm³/mol. The Morgan fingerprint density at radius 2 is 1.84 bits per heavy atom. The first-order chi connectivity index (χ1) is 11.6. The first kappa shape index (κ1) is 17.7.